The first kappa shape index (κ1) is 18.9. The molecule has 0 unspecified atom stereocenters. The van der Waals surface area contributed by atoms with Gasteiger partial charge in [0, 0.05) is 43.1 Å². The number of benzene rings is 2. The lowest BCUT2D eigenvalue weighted by atomic mass is 10.1. The molecule has 1 aliphatic heterocycles. The Bertz CT molecular complexity index is 825. The lowest BCUT2D eigenvalue weighted by molar-refractivity contribution is -0.117. The van der Waals surface area contributed by atoms with Crippen LogP contribution in [-0.2, 0) is 4.79 Å². The Hall–Kier alpha value is -2.86. The largest absolute Gasteiger partial charge is 0.369 e. The highest BCUT2D eigenvalue weighted by Gasteiger charge is 2.19. The van der Waals surface area contributed by atoms with E-state index in [9.17, 15) is 9.59 Å². The van der Waals surface area contributed by atoms with Gasteiger partial charge in [-0.05, 0) is 55.3 Å². The van der Waals surface area contributed by atoms with Gasteiger partial charge < -0.3 is 16.0 Å². The molecule has 2 amide bonds. The molecule has 1 heterocycles. The summed E-state index contributed by atoms with van der Waals surface area (Å²) in [4.78, 5) is 28.0. The number of nitrogens with two attached hydrogens (primary N) is 1. The Balaban J connectivity index is 1.51. The zero-order valence-electron chi connectivity index (χ0n) is 15.9. The molecule has 0 aromatic heterocycles. The van der Waals surface area contributed by atoms with Crippen molar-refractivity contribution in [2.45, 2.75) is 13.8 Å². The fraction of sp³-hybridized carbons (Fsp3) is 0.333. The summed E-state index contributed by atoms with van der Waals surface area (Å²) in [6, 6.07) is 13.3. The van der Waals surface area contributed by atoms with Crippen molar-refractivity contribution in [2.24, 2.45) is 5.73 Å². The van der Waals surface area contributed by atoms with Crippen LogP contribution < -0.4 is 16.0 Å². The molecule has 6 heteroatoms. The smallest absolute Gasteiger partial charge is 0.248 e. The minimum atomic E-state index is -0.416. The van der Waals surface area contributed by atoms with E-state index < -0.39 is 5.91 Å². The van der Waals surface area contributed by atoms with Crippen LogP contribution in [0.2, 0.25) is 0 Å². The average Bonchev–Trinajstić information content (AvgIpc) is 2.66. The molecule has 0 atom stereocenters. The number of carbonyl (C=O) groups excluding carboxylic acids is 2. The zero-order valence-corrected chi connectivity index (χ0v) is 15.9. The molecule has 142 valence electrons. The van der Waals surface area contributed by atoms with Gasteiger partial charge in [0.25, 0.3) is 0 Å². The Labute approximate surface area is 159 Å². The van der Waals surface area contributed by atoms with Crippen LogP contribution >= 0.6 is 0 Å². The van der Waals surface area contributed by atoms with Crippen molar-refractivity contribution < 1.29 is 9.59 Å². The first-order valence-electron chi connectivity index (χ1n) is 9.17. The van der Waals surface area contributed by atoms with Gasteiger partial charge in [-0.25, -0.2) is 0 Å². The molecule has 0 radical (unpaired) electrons. The number of carbonyl (C=O) groups is 2. The van der Waals surface area contributed by atoms with Gasteiger partial charge in [-0.15, -0.1) is 0 Å². The molecular weight excluding hydrogens is 340 g/mol. The molecule has 3 rings (SSSR count). The fourth-order valence-electron chi connectivity index (χ4n) is 3.28. The van der Waals surface area contributed by atoms with Crippen LogP contribution in [0.3, 0.4) is 0 Å². The number of rotatable bonds is 5. The molecular formula is C21H26N4O2. The fourth-order valence-corrected chi connectivity index (χ4v) is 3.28. The number of hydrogen-bond acceptors (Lipinski definition) is 4. The van der Waals surface area contributed by atoms with Gasteiger partial charge in [-0.1, -0.05) is 12.1 Å². The standard InChI is InChI=1S/C21H26N4O2/c1-15-4-3-5-19(16(15)2)23-20(26)14-24-10-12-25(13-11-24)18-8-6-17(7-9-18)21(22)27/h3-9H,10-14H2,1-2H3,(H2,22,27)(H,23,26). The van der Waals surface area contributed by atoms with Crippen LogP contribution in [0, 0.1) is 13.8 Å². The third kappa shape index (κ3) is 4.65. The van der Waals surface area contributed by atoms with Crippen molar-refractivity contribution >= 4 is 23.2 Å². The number of hydrogen-bond donors (Lipinski definition) is 2. The lowest BCUT2D eigenvalue weighted by Gasteiger charge is -2.35. The highest BCUT2D eigenvalue weighted by atomic mass is 16.2. The van der Waals surface area contributed by atoms with E-state index in [-0.39, 0.29) is 5.91 Å². The van der Waals surface area contributed by atoms with Gasteiger partial charge in [0.05, 0.1) is 6.54 Å². The molecule has 0 saturated carbocycles. The van der Waals surface area contributed by atoms with E-state index in [1.54, 1.807) is 12.1 Å². The first-order chi connectivity index (χ1) is 12.9. The summed E-state index contributed by atoms with van der Waals surface area (Å²) in [6.07, 6.45) is 0. The Morgan fingerprint density at radius 3 is 2.30 bits per heavy atom. The van der Waals surface area contributed by atoms with Crippen molar-refractivity contribution in [1.29, 1.82) is 0 Å². The summed E-state index contributed by atoms with van der Waals surface area (Å²) in [5.74, 6) is -0.399. The van der Waals surface area contributed by atoms with Gasteiger partial charge in [0.2, 0.25) is 11.8 Å². The summed E-state index contributed by atoms with van der Waals surface area (Å²) >= 11 is 0. The van der Waals surface area contributed by atoms with Gasteiger partial charge in [-0.3, -0.25) is 14.5 Å². The quantitative estimate of drug-likeness (QED) is 0.850. The Kier molecular flexibility index (Phi) is 5.76. The second-order valence-electron chi connectivity index (χ2n) is 6.97. The SMILES string of the molecule is Cc1cccc(NC(=O)CN2CCN(c3ccc(C(N)=O)cc3)CC2)c1C. The van der Waals surface area contributed by atoms with Crippen LogP contribution in [0.4, 0.5) is 11.4 Å². The Morgan fingerprint density at radius 1 is 1.00 bits per heavy atom. The monoisotopic (exact) mass is 366 g/mol. The number of nitrogens with zero attached hydrogens (tertiary/aromatic N) is 2. The van der Waals surface area contributed by atoms with Crippen LogP contribution in [-0.4, -0.2) is 49.4 Å². The predicted molar refractivity (Wildman–Crippen MR) is 108 cm³/mol. The molecule has 0 spiro atoms. The zero-order chi connectivity index (χ0) is 19.4. The third-order valence-corrected chi connectivity index (χ3v) is 5.14. The highest BCUT2D eigenvalue weighted by Crippen LogP contribution is 2.19. The second kappa shape index (κ2) is 8.22. The maximum absolute atomic E-state index is 12.4. The molecule has 27 heavy (non-hydrogen) atoms. The van der Waals surface area contributed by atoms with Crippen LogP contribution in [0.1, 0.15) is 21.5 Å². The minimum Gasteiger partial charge on any atom is -0.369 e. The second-order valence-corrected chi connectivity index (χ2v) is 6.97. The summed E-state index contributed by atoms with van der Waals surface area (Å²) in [5, 5.41) is 3.02. The lowest BCUT2D eigenvalue weighted by Crippen LogP contribution is -2.48. The molecule has 1 saturated heterocycles. The topological polar surface area (TPSA) is 78.7 Å². The Morgan fingerprint density at radius 2 is 1.67 bits per heavy atom. The first-order valence-corrected chi connectivity index (χ1v) is 9.17. The van der Waals surface area contributed by atoms with E-state index >= 15 is 0 Å². The van der Waals surface area contributed by atoms with Crippen LogP contribution in [0.5, 0.6) is 0 Å². The van der Waals surface area contributed by atoms with Gasteiger partial charge in [0.15, 0.2) is 0 Å². The number of piperazine rings is 1. The molecule has 1 aliphatic rings. The van der Waals surface area contributed by atoms with Gasteiger partial charge in [-0.2, -0.15) is 0 Å². The van der Waals surface area contributed by atoms with Crippen molar-refractivity contribution in [3.05, 3.63) is 59.2 Å². The van der Waals surface area contributed by atoms with Crippen molar-refractivity contribution in [3.8, 4) is 0 Å². The molecule has 1 fully saturated rings. The van der Waals surface area contributed by atoms with Crippen molar-refractivity contribution in [3.63, 3.8) is 0 Å². The maximum Gasteiger partial charge on any atom is 0.248 e. The van der Waals surface area contributed by atoms with E-state index in [2.05, 4.69) is 15.1 Å². The number of nitrogens with one attached hydrogen (secondary N) is 1. The predicted octanol–water partition coefficient (Wildman–Crippen LogP) is 2.16. The van der Waals surface area contributed by atoms with Crippen molar-refractivity contribution in [2.75, 3.05) is 42.9 Å². The van der Waals surface area contributed by atoms with E-state index in [0.717, 1.165) is 43.1 Å². The molecule has 2 aromatic carbocycles. The molecule has 2 aromatic rings. The molecule has 6 nitrogen and oxygen atoms in total. The summed E-state index contributed by atoms with van der Waals surface area (Å²) in [5.41, 5.74) is 10.0. The average molecular weight is 366 g/mol. The van der Waals surface area contributed by atoms with Gasteiger partial charge in [0.1, 0.15) is 0 Å². The molecule has 0 bridgehead atoms. The molecule has 0 aliphatic carbocycles. The summed E-state index contributed by atoms with van der Waals surface area (Å²) in [7, 11) is 0. The van der Waals surface area contributed by atoms with Crippen molar-refractivity contribution in [1.82, 2.24) is 4.90 Å². The number of primary amides is 1. The normalized spacial score (nSPS) is 14.8. The van der Waals surface area contributed by atoms with Crippen LogP contribution in [0.25, 0.3) is 0 Å². The van der Waals surface area contributed by atoms with E-state index in [0.29, 0.717) is 12.1 Å². The van der Waals surface area contributed by atoms with E-state index in [1.807, 2.05) is 44.2 Å². The molecule has 3 N–H and O–H groups in total. The van der Waals surface area contributed by atoms with E-state index in [4.69, 9.17) is 5.73 Å². The third-order valence-electron chi connectivity index (χ3n) is 5.14. The van der Waals surface area contributed by atoms with Crippen LogP contribution in [0.15, 0.2) is 42.5 Å². The van der Waals surface area contributed by atoms with E-state index in [1.165, 1.54) is 5.56 Å². The highest BCUT2D eigenvalue weighted by molar-refractivity contribution is 5.93. The number of anilines is 2. The minimum absolute atomic E-state index is 0.0166. The summed E-state index contributed by atoms with van der Waals surface area (Å²) in [6.45, 7) is 7.77. The number of amides is 2. The summed E-state index contributed by atoms with van der Waals surface area (Å²) < 4.78 is 0. The van der Waals surface area contributed by atoms with Gasteiger partial charge >= 0.3 is 0 Å². The number of aryl methyl sites for hydroxylation is 1. The maximum atomic E-state index is 12.4.